The van der Waals surface area contributed by atoms with Gasteiger partial charge in [-0.25, -0.2) is 0 Å². The average molecular weight is 278 g/mol. The maximum atomic E-state index is 12.3. The summed E-state index contributed by atoms with van der Waals surface area (Å²) in [5.41, 5.74) is 1.15. The Bertz CT molecular complexity index is 396. The molecular formula is C15H22N2OS. The molecule has 3 nitrogen and oxygen atoms in total. The van der Waals surface area contributed by atoms with E-state index in [1.807, 2.05) is 28.9 Å². The van der Waals surface area contributed by atoms with Crippen LogP contribution in [0.1, 0.15) is 50.0 Å². The number of pyridine rings is 1. The van der Waals surface area contributed by atoms with Crippen molar-refractivity contribution in [3.8, 4) is 0 Å². The summed E-state index contributed by atoms with van der Waals surface area (Å²) in [6.45, 7) is 3.06. The van der Waals surface area contributed by atoms with Gasteiger partial charge in [0.05, 0.1) is 0 Å². The molecule has 19 heavy (non-hydrogen) atoms. The fourth-order valence-corrected chi connectivity index (χ4v) is 3.63. The number of hydrogen-bond acceptors (Lipinski definition) is 3. The molecular weight excluding hydrogens is 256 g/mol. The number of rotatable bonds is 6. The molecule has 0 N–H and O–H groups in total. The van der Waals surface area contributed by atoms with Crippen LogP contribution in [0.25, 0.3) is 0 Å². The first-order valence-corrected chi connectivity index (χ1v) is 8.19. The molecule has 1 saturated heterocycles. The molecule has 2 rings (SSSR count). The zero-order chi connectivity index (χ0) is 13.5. The van der Waals surface area contributed by atoms with Gasteiger partial charge in [-0.2, -0.15) is 0 Å². The molecule has 0 bridgehead atoms. The van der Waals surface area contributed by atoms with Gasteiger partial charge in [0.25, 0.3) is 0 Å². The van der Waals surface area contributed by atoms with E-state index in [2.05, 4.69) is 18.0 Å². The number of carbonyl (C=O) groups excluding carboxylic acids is 1. The minimum absolute atomic E-state index is 0.173. The number of nitrogens with zero attached hydrogens (tertiary/aromatic N) is 2. The number of aromatic nitrogens is 1. The Morgan fingerprint density at radius 1 is 1.47 bits per heavy atom. The van der Waals surface area contributed by atoms with E-state index >= 15 is 0 Å². The highest BCUT2D eigenvalue weighted by Crippen LogP contribution is 2.37. The van der Waals surface area contributed by atoms with Gasteiger partial charge in [-0.15, -0.1) is 11.8 Å². The summed E-state index contributed by atoms with van der Waals surface area (Å²) in [4.78, 5) is 18.5. The first kappa shape index (κ1) is 14.4. The monoisotopic (exact) mass is 278 g/mol. The van der Waals surface area contributed by atoms with Crippen LogP contribution >= 0.6 is 11.8 Å². The van der Waals surface area contributed by atoms with Gasteiger partial charge < -0.3 is 4.90 Å². The Morgan fingerprint density at radius 3 is 3.11 bits per heavy atom. The van der Waals surface area contributed by atoms with Gasteiger partial charge in [-0.05, 0) is 12.5 Å². The molecule has 1 aromatic rings. The van der Waals surface area contributed by atoms with Gasteiger partial charge in [0.2, 0.25) is 5.91 Å². The van der Waals surface area contributed by atoms with Crippen molar-refractivity contribution < 1.29 is 4.79 Å². The molecule has 104 valence electrons. The van der Waals surface area contributed by atoms with Crippen LogP contribution in [0.15, 0.2) is 24.5 Å². The van der Waals surface area contributed by atoms with Gasteiger partial charge in [0.15, 0.2) is 0 Å². The molecule has 1 amide bonds. The van der Waals surface area contributed by atoms with Gasteiger partial charge in [-0.1, -0.05) is 32.3 Å². The van der Waals surface area contributed by atoms with Crippen LogP contribution in [-0.4, -0.2) is 28.1 Å². The maximum Gasteiger partial charge on any atom is 0.223 e. The molecule has 1 aliphatic heterocycles. The lowest BCUT2D eigenvalue weighted by atomic mass is 10.1. The second-order valence-electron chi connectivity index (χ2n) is 4.91. The largest absolute Gasteiger partial charge is 0.326 e. The lowest BCUT2D eigenvalue weighted by molar-refractivity contribution is -0.131. The SMILES string of the molecule is CCCCCCC(=O)N1CCSC1c1cccnc1. The van der Waals surface area contributed by atoms with Crippen molar-refractivity contribution in [3.05, 3.63) is 30.1 Å². The molecule has 4 heteroatoms. The van der Waals surface area contributed by atoms with E-state index in [1.165, 1.54) is 19.3 Å². The molecule has 0 spiro atoms. The van der Waals surface area contributed by atoms with E-state index in [0.29, 0.717) is 12.3 Å². The highest BCUT2D eigenvalue weighted by Gasteiger charge is 2.30. The number of thioether (sulfide) groups is 1. The fraction of sp³-hybridized carbons (Fsp3) is 0.600. The van der Waals surface area contributed by atoms with E-state index in [0.717, 1.165) is 24.3 Å². The average Bonchev–Trinajstić information content (AvgIpc) is 2.94. The molecule has 2 heterocycles. The lowest BCUT2D eigenvalue weighted by Crippen LogP contribution is -2.30. The van der Waals surface area contributed by atoms with Crippen molar-refractivity contribution in [2.75, 3.05) is 12.3 Å². The molecule has 1 fully saturated rings. The van der Waals surface area contributed by atoms with Crippen LogP contribution in [0.3, 0.4) is 0 Å². The minimum Gasteiger partial charge on any atom is -0.326 e. The van der Waals surface area contributed by atoms with Crippen LogP contribution in [0.2, 0.25) is 0 Å². The molecule has 1 aliphatic rings. The zero-order valence-electron chi connectivity index (χ0n) is 11.5. The Hall–Kier alpha value is -1.03. The zero-order valence-corrected chi connectivity index (χ0v) is 12.4. The Morgan fingerprint density at radius 2 is 2.37 bits per heavy atom. The topological polar surface area (TPSA) is 33.2 Å². The summed E-state index contributed by atoms with van der Waals surface area (Å²) in [5.74, 6) is 1.33. The normalized spacial score (nSPS) is 18.8. The summed E-state index contributed by atoms with van der Waals surface area (Å²) in [5, 5.41) is 0.173. The third-order valence-electron chi connectivity index (χ3n) is 3.43. The minimum atomic E-state index is 0.173. The highest BCUT2D eigenvalue weighted by atomic mass is 32.2. The molecule has 0 saturated carbocycles. The van der Waals surface area contributed by atoms with Crippen molar-refractivity contribution in [2.24, 2.45) is 0 Å². The van der Waals surface area contributed by atoms with Crippen LogP contribution in [0, 0.1) is 0 Å². The summed E-state index contributed by atoms with van der Waals surface area (Å²) in [6.07, 6.45) is 8.98. The predicted molar refractivity (Wildman–Crippen MR) is 79.9 cm³/mol. The maximum absolute atomic E-state index is 12.3. The Kier molecular flexibility index (Phi) is 5.70. The molecule has 1 aromatic heterocycles. The lowest BCUT2D eigenvalue weighted by Gasteiger charge is -2.23. The van der Waals surface area contributed by atoms with E-state index in [4.69, 9.17) is 0 Å². The molecule has 1 atom stereocenters. The van der Waals surface area contributed by atoms with Crippen LogP contribution in [-0.2, 0) is 4.79 Å². The van der Waals surface area contributed by atoms with Crippen molar-refractivity contribution in [1.82, 2.24) is 9.88 Å². The van der Waals surface area contributed by atoms with Crippen LogP contribution < -0.4 is 0 Å². The third-order valence-corrected chi connectivity index (χ3v) is 4.69. The summed E-state index contributed by atoms with van der Waals surface area (Å²) in [7, 11) is 0. The van der Waals surface area contributed by atoms with Crippen LogP contribution in [0.5, 0.6) is 0 Å². The number of carbonyl (C=O) groups is 1. The Balaban J connectivity index is 1.90. The molecule has 0 radical (unpaired) electrons. The summed E-state index contributed by atoms with van der Waals surface area (Å²) < 4.78 is 0. The van der Waals surface area contributed by atoms with Gasteiger partial charge >= 0.3 is 0 Å². The quantitative estimate of drug-likeness (QED) is 0.745. The second kappa shape index (κ2) is 7.53. The summed E-state index contributed by atoms with van der Waals surface area (Å²) in [6, 6.07) is 4.01. The molecule has 1 unspecified atom stereocenters. The van der Waals surface area contributed by atoms with Gasteiger partial charge in [0, 0.05) is 36.7 Å². The standard InChI is InChI=1S/C15H22N2OS/c1-2-3-4-5-8-14(18)17-10-11-19-15(17)13-7-6-9-16-12-13/h6-7,9,12,15H,2-5,8,10-11H2,1H3. The summed E-state index contributed by atoms with van der Waals surface area (Å²) >= 11 is 1.84. The Labute approximate surface area is 119 Å². The van der Waals surface area contributed by atoms with Gasteiger partial charge in [0.1, 0.15) is 5.37 Å². The fourth-order valence-electron chi connectivity index (χ4n) is 2.37. The van der Waals surface area contributed by atoms with E-state index in [1.54, 1.807) is 6.20 Å². The first-order chi connectivity index (χ1) is 9.33. The molecule has 0 aliphatic carbocycles. The van der Waals surface area contributed by atoms with E-state index < -0.39 is 0 Å². The second-order valence-corrected chi connectivity index (χ2v) is 6.10. The third kappa shape index (κ3) is 3.96. The molecule has 0 aromatic carbocycles. The first-order valence-electron chi connectivity index (χ1n) is 7.14. The van der Waals surface area contributed by atoms with Gasteiger partial charge in [-0.3, -0.25) is 9.78 Å². The number of unbranched alkanes of at least 4 members (excludes halogenated alkanes) is 3. The van der Waals surface area contributed by atoms with Crippen LogP contribution in [0.4, 0.5) is 0 Å². The van der Waals surface area contributed by atoms with Crippen molar-refractivity contribution >= 4 is 17.7 Å². The predicted octanol–water partition coefficient (Wildman–Crippen LogP) is 3.63. The van der Waals surface area contributed by atoms with Crippen molar-refractivity contribution in [2.45, 2.75) is 44.4 Å². The smallest absolute Gasteiger partial charge is 0.223 e. The van der Waals surface area contributed by atoms with Crippen molar-refractivity contribution in [3.63, 3.8) is 0 Å². The van der Waals surface area contributed by atoms with Crippen molar-refractivity contribution in [1.29, 1.82) is 0 Å². The number of amides is 1. The number of hydrogen-bond donors (Lipinski definition) is 0. The van der Waals surface area contributed by atoms with E-state index in [-0.39, 0.29) is 5.37 Å². The highest BCUT2D eigenvalue weighted by molar-refractivity contribution is 7.99. The van der Waals surface area contributed by atoms with E-state index in [9.17, 15) is 4.79 Å².